The Balaban J connectivity index is 0.000000155. The van der Waals surface area contributed by atoms with Gasteiger partial charge in [0.2, 0.25) is 0 Å². The van der Waals surface area contributed by atoms with Crippen LogP contribution in [0.5, 0.6) is 17.2 Å². The van der Waals surface area contributed by atoms with Crippen LogP contribution in [0.3, 0.4) is 0 Å². The first-order chi connectivity index (χ1) is 52.5. The molecule has 111 heavy (non-hydrogen) atoms. The number of benzene rings is 3. The second-order valence-electron chi connectivity index (χ2n) is 41.4. The third-order valence-corrected chi connectivity index (χ3v) is 36.7. The van der Waals surface area contributed by atoms with Gasteiger partial charge in [-0.25, -0.2) is 26.3 Å². The van der Waals surface area contributed by atoms with Gasteiger partial charge in [-0.15, -0.1) is 0 Å². The van der Waals surface area contributed by atoms with Crippen LogP contribution in [0, 0.1) is 192 Å². The first-order valence-corrected chi connectivity index (χ1v) is 44.8. The van der Waals surface area contributed by atoms with Crippen LogP contribution in [0.1, 0.15) is 287 Å². The smallest absolute Gasteiger partial charge is 0.187 e. The molecule has 0 saturated heterocycles. The zero-order valence-corrected chi connectivity index (χ0v) is 69.4. The molecule has 33 atom stereocenters. The molecule has 3 aromatic carbocycles. The lowest BCUT2D eigenvalue weighted by molar-refractivity contribution is -0.203. The van der Waals surface area contributed by atoms with E-state index in [0.29, 0.717) is 136 Å². The van der Waals surface area contributed by atoms with Crippen LogP contribution in [-0.4, -0.2) is 82.6 Å². The van der Waals surface area contributed by atoms with Gasteiger partial charge in [0.1, 0.15) is 0 Å². The Hall–Kier alpha value is -3.86. The number of phenolic OH excluding ortho intramolecular Hbond substituents is 3. The van der Waals surface area contributed by atoms with Gasteiger partial charge in [-0.1, -0.05) is 127 Å². The molecule has 0 heterocycles. The number of allylic oxidation sites excluding steroid dienone is 1. The third kappa shape index (κ3) is 15.2. The minimum absolute atomic E-state index is 0. The summed E-state index contributed by atoms with van der Waals surface area (Å²) < 4.78 is 82.5. The number of rotatable bonds is 17. The Morgan fingerprint density at radius 1 is 0.369 bits per heavy atom. The molecular formula is C96H144F6O9. The van der Waals surface area contributed by atoms with Crippen molar-refractivity contribution in [1.29, 1.82) is 0 Å². The molecule has 15 rings (SSSR count). The van der Waals surface area contributed by atoms with Crippen molar-refractivity contribution in [3.63, 3.8) is 0 Å². The second kappa shape index (κ2) is 33.1. The van der Waals surface area contributed by atoms with Gasteiger partial charge in [0.25, 0.3) is 0 Å². The van der Waals surface area contributed by atoms with Crippen LogP contribution in [-0.2, 0) is 12.8 Å². The maximum atomic E-state index is 13.8. The van der Waals surface area contributed by atoms with Crippen LogP contribution in [0.15, 0.2) is 42.5 Å². The lowest BCUT2D eigenvalue weighted by atomic mass is 9.41. The number of fused-ring (bicyclic) bond motifs is 15. The number of halogens is 6. The highest BCUT2D eigenvalue weighted by Crippen LogP contribution is 2.74. The first kappa shape index (κ1) is 85.0. The van der Waals surface area contributed by atoms with Crippen molar-refractivity contribution in [3.8, 4) is 17.2 Å². The molecule has 3 aromatic rings. The van der Waals surface area contributed by atoms with Crippen LogP contribution in [0.25, 0.3) is 6.08 Å². The summed E-state index contributed by atoms with van der Waals surface area (Å²) in [6.45, 7) is 28.6. The van der Waals surface area contributed by atoms with E-state index >= 15 is 0 Å². The molecule has 15 heteroatoms. The molecule has 0 bridgehead atoms. The fraction of sp³-hybridized carbons (Fsp3) is 0.792. The molecule has 0 spiro atoms. The van der Waals surface area contributed by atoms with Crippen LogP contribution in [0.2, 0.25) is 0 Å². The van der Waals surface area contributed by atoms with Crippen molar-refractivity contribution in [3.05, 3.63) is 94.1 Å². The number of hydrogen-bond acceptors (Lipinski definition) is 9. The maximum Gasteiger partial charge on any atom is 0.187 e. The van der Waals surface area contributed by atoms with Crippen molar-refractivity contribution in [2.24, 2.45) is 157 Å². The van der Waals surface area contributed by atoms with E-state index in [4.69, 9.17) is 0 Å². The number of phenols is 3. The molecule has 624 valence electrons. The standard InChI is InChI=1S/2C32H48F2O3.C32H46F2O3.H2/c3*1-5-21-25-17-20(35)11-13-32(25,4)24-12-14-31(3)22(9-10-23(31)28(24)29(21)36)18(2)7-6-8-19-15-26(33)30(37)27(34)16-19;/h2*15-16,18,20-25,28-29,35-37H,5-14,17H2,1-4H3;6,8,15-16,18,20-25,28-29,35-37H,5,7,9-14,17H2,1-4H3;1H/b;;8-6+;/t3*18-,20-,21-,22-,23+,24+,25+,28+,29-,31-,32-;/m111./s1. The quantitative estimate of drug-likeness (QED) is 0.0594. The molecule has 0 aromatic heterocycles. The lowest BCUT2D eigenvalue weighted by Gasteiger charge is -2.64. The van der Waals surface area contributed by atoms with E-state index in [-0.39, 0.29) is 88.3 Å². The van der Waals surface area contributed by atoms with Crippen LogP contribution in [0.4, 0.5) is 26.3 Å². The molecular weight excluding hydrogens is 1410 g/mol. The van der Waals surface area contributed by atoms with E-state index in [1.165, 1.54) is 113 Å². The van der Waals surface area contributed by atoms with Gasteiger partial charge in [-0.05, 0) is 377 Å². The van der Waals surface area contributed by atoms with E-state index in [1.807, 2.05) is 6.08 Å². The number of hydrogen-bond donors (Lipinski definition) is 9. The average Bonchev–Trinajstić information content (AvgIpc) is 1.34. The van der Waals surface area contributed by atoms with E-state index in [1.54, 1.807) is 6.08 Å². The van der Waals surface area contributed by atoms with E-state index in [9.17, 15) is 72.3 Å². The van der Waals surface area contributed by atoms with Gasteiger partial charge < -0.3 is 46.0 Å². The van der Waals surface area contributed by atoms with Crippen molar-refractivity contribution in [2.45, 2.75) is 319 Å². The second-order valence-corrected chi connectivity index (χ2v) is 41.4. The summed E-state index contributed by atoms with van der Waals surface area (Å²) in [4.78, 5) is 0. The minimum atomic E-state index is -0.935. The summed E-state index contributed by atoms with van der Waals surface area (Å²) in [5.41, 5.74) is 2.95. The monoisotopic (exact) mass is 1560 g/mol. The van der Waals surface area contributed by atoms with Gasteiger partial charge in [0.15, 0.2) is 52.2 Å². The topological polar surface area (TPSA) is 182 Å². The fourth-order valence-corrected chi connectivity index (χ4v) is 31.2. The maximum absolute atomic E-state index is 13.8. The molecule has 0 unspecified atom stereocenters. The Kier molecular flexibility index (Phi) is 25.4. The third-order valence-electron chi connectivity index (χ3n) is 36.7. The Morgan fingerprint density at radius 2 is 0.640 bits per heavy atom. The van der Waals surface area contributed by atoms with Crippen molar-refractivity contribution < 1.29 is 73.7 Å². The van der Waals surface area contributed by atoms with E-state index in [0.717, 1.165) is 109 Å². The highest BCUT2D eigenvalue weighted by Gasteiger charge is 2.69. The zero-order chi connectivity index (χ0) is 80.1. The molecule has 9 N–H and O–H groups in total. The number of aromatic hydroxyl groups is 3. The zero-order valence-electron chi connectivity index (χ0n) is 69.4. The number of aliphatic hydroxyl groups excluding tert-OH is 6. The average molecular weight is 1560 g/mol. The molecule has 0 aliphatic heterocycles. The van der Waals surface area contributed by atoms with Crippen LogP contribution < -0.4 is 0 Å². The number of aliphatic hydroxyl groups is 6. The summed E-state index contributed by atoms with van der Waals surface area (Å²) in [6.07, 6.45) is 33.9. The molecule has 12 saturated carbocycles. The summed E-state index contributed by atoms with van der Waals surface area (Å²) in [6, 6.07) is 7.35. The SMILES string of the molecule is CC[C@H]1[C@@H](O)[C@@H]2[C@H](CC[C@]3(C)[C@@H]([C@H](C)C/C=C/c4cc(F)c(O)c(F)c4)CC[C@@H]23)[C@@]2(C)CC[C@@H](O)C[C@@H]12.CC[C@H]1[C@@H](O)[C@@H]2[C@H](CC[C@]3(C)[C@@H]([C@H](C)CCCc4cc(F)c(O)c(F)c4)CC[C@@H]23)[C@@]2(C)CC[C@@H](O)C[C@@H]12.CC[C@H]1[C@@H](O)[C@@H]2[C@H](CC[C@]3(C)[C@@H]([C@H](C)CCCc4cc(F)c(O)c(F)c4)CC[C@@H]23)[C@@]2(C)CC[C@@H](O)C[C@@H]12.[HH]. The number of aryl methyl sites for hydroxylation is 2. The molecule has 12 fully saturated rings. The molecule has 12 aliphatic rings. The van der Waals surface area contributed by atoms with Gasteiger partial charge in [-0.3, -0.25) is 0 Å². The molecule has 9 nitrogen and oxygen atoms in total. The molecule has 0 radical (unpaired) electrons. The normalized spacial score (nSPS) is 44.2. The molecule has 12 aliphatic carbocycles. The van der Waals surface area contributed by atoms with Crippen molar-refractivity contribution in [1.82, 2.24) is 0 Å². The fourth-order valence-electron chi connectivity index (χ4n) is 31.2. The Morgan fingerprint density at radius 3 is 0.937 bits per heavy atom. The van der Waals surface area contributed by atoms with Crippen LogP contribution >= 0.6 is 0 Å². The van der Waals surface area contributed by atoms with E-state index < -0.39 is 52.2 Å². The Labute approximate surface area is 663 Å². The summed E-state index contributed by atoms with van der Waals surface area (Å²) in [5, 5.41) is 95.2. The lowest BCUT2D eigenvalue weighted by Crippen LogP contribution is -2.62. The Bertz CT molecular complexity index is 3520. The predicted molar refractivity (Wildman–Crippen MR) is 429 cm³/mol. The van der Waals surface area contributed by atoms with Crippen molar-refractivity contribution >= 4 is 6.08 Å². The molecule has 0 amide bonds. The van der Waals surface area contributed by atoms with Gasteiger partial charge in [0, 0.05) is 1.43 Å². The van der Waals surface area contributed by atoms with Gasteiger partial charge in [-0.2, -0.15) is 0 Å². The largest absolute Gasteiger partial charge is 0.503 e. The minimum Gasteiger partial charge on any atom is -0.503 e. The summed E-state index contributed by atoms with van der Waals surface area (Å²) >= 11 is 0. The van der Waals surface area contributed by atoms with E-state index in [2.05, 4.69) is 83.1 Å². The van der Waals surface area contributed by atoms with Crippen molar-refractivity contribution in [2.75, 3.05) is 0 Å². The first-order valence-electron chi connectivity index (χ1n) is 44.8. The summed E-state index contributed by atoms with van der Waals surface area (Å²) in [7, 11) is 0. The highest BCUT2D eigenvalue weighted by atomic mass is 19.2. The highest BCUT2D eigenvalue weighted by molar-refractivity contribution is 5.51. The predicted octanol–water partition coefficient (Wildman–Crippen LogP) is 22.1. The van der Waals surface area contributed by atoms with Gasteiger partial charge in [0.05, 0.1) is 36.6 Å². The van der Waals surface area contributed by atoms with Gasteiger partial charge >= 0.3 is 0 Å². The summed E-state index contributed by atoms with van der Waals surface area (Å²) in [5.74, 6) is 1.57.